The van der Waals surface area contributed by atoms with Crippen LogP contribution in [0, 0.1) is 17.3 Å². The summed E-state index contributed by atoms with van der Waals surface area (Å²) in [6, 6.07) is 0.512. The average molecular weight is 284 g/mol. The lowest BCUT2D eigenvalue weighted by atomic mass is 9.72. The molecule has 1 aliphatic carbocycles. The van der Waals surface area contributed by atoms with E-state index in [0.29, 0.717) is 12.1 Å². The van der Waals surface area contributed by atoms with E-state index in [2.05, 4.69) is 46.9 Å². The van der Waals surface area contributed by atoms with Gasteiger partial charge >= 0.3 is 0 Å². The van der Waals surface area contributed by atoms with E-state index in [9.17, 15) is 0 Å². The number of likely N-dealkylation sites (N-methyl/N-ethyl adjacent to an activating group) is 1. The summed E-state index contributed by atoms with van der Waals surface area (Å²) in [4.78, 5) is 0. The van der Waals surface area contributed by atoms with Crippen molar-refractivity contribution in [1.82, 2.24) is 5.32 Å². The highest BCUT2D eigenvalue weighted by Crippen LogP contribution is 2.37. The third kappa shape index (κ3) is 5.04. The van der Waals surface area contributed by atoms with Crippen LogP contribution in [0.3, 0.4) is 0 Å². The highest BCUT2D eigenvalue weighted by Gasteiger charge is 2.38. The van der Waals surface area contributed by atoms with Crippen molar-refractivity contribution in [2.24, 2.45) is 17.3 Å². The molecule has 0 amide bonds. The molecule has 2 heteroatoms. The lowest BCUT2D eigenvalue weighted by molar-refractivity contribution is -0.0537. The zero-order chi connectivity index (χ0) is 15.2. The van der Waals surface area contributed by atoms with Gasteiger partial charge in [0, 0.05) is 12.6 Å². The van der Waals surface area contributed by atoms with Gasteiger partial charge in [0.05, 0.1) is 6.10 Å². The van der Waals surface area contributed by atoms with Crippen LogP contribution in [0.15, 0.2) is 0 Å². The van der Waals surface area contributed by atoms with Gasteiger partial charge in [0.1, 0.15) is 0 Å². The minimum absolute atomic E-state index is 0.199. The Morgan fingerprint density at radius 1 is 1.05 bits per heavy atom. The molecule has 20 heavy (non-hydrogen) atoms. The van der Waals surface area contributed by atoms with Gasteiger partial charge in [0.15, 0.2) is 0 Å². The van der Waals surface area contributed by atoms with E-state index in [1.54, 1.807) is 0 Å². The van der Waals surface area contributed by atoms with E-state index in [0.717, 1.165) is 25.0 Å². The normalized spacial score (nSPS) is 27.3. The SMILES string of the molecule is CCNC(C1CCC(CC)CC1)C(OCC)C(C)(C)C. The fourth-order valence-electron chi connectivity index (χ4n) is 3.78. The van der Waals surface area contributed by atoms with E-state index in [1.165, 1.54) is 32.1 Å². The maximum Gasteiger partial charge on any atom is 0.0778 e. The van der Waals surface area contributed by atoms with Crippen molar-refractivity contribution in [1.29, 1.82) is 0 Å². The number of ether oxygens (including phenoxy) is 1. The van der Waals surface area contributed by atoms with Gasteiger partial charge in [0.25, 0.3) is 0 Å². The standard InChI is InChI=1S/C18H37NO/c1-7-14-10-12-15(13-11-14)16(19-8-2)17(20-9-3)18(4,5)6/h14-17,19H,7-13H2,1-6H3. The Balaban J connectivity index is 2.75. The van der Waals surface area contributed by atoms with E-state index < -0.39 is 0 Å². The van der Waals surface area contributed by atoms with Gasteiger partial charge < -0.3 is 10.1 Å². The molecule has 0 aromatic carbocycles. The first kappa shape index (κ1) is 18.0. The number of rotatable bonds is 7. The van der Waals surface area contributed by atoms with Crippen LogP contribution in [0.1, 0.15) is 73.6 Å². The van der Waals surface area contributed by atoms with E-state index in [1.807, 2.05) is 0 Å². The fourth-order valence-corrected chi connectivity index (χ4v) is 3.78. The van der Waals surface area contributed by atoms with Gasteiger partial charge in [-0.3, -0.25) is 0 Å². The van der Waals surface area contributed by atoms with Gasteiger partial charge in [-0.15, -0.1) is 0 Å². The molecule has 2 atom stereocenters. The van der Waals surface area contributed by atoms with Crippen LogP contribution in [0.25, 0.3) is 0 Å². The summed E-state index contributed by atoms with van der Waals surface area (Å²) in [7, 11) is 0. The predicted molar refractivity (Wildman–Crippen MR) is 88.1 cm³/mol. The van der Waals surface area contributed by atoms with E-state index >= 15 is 0 Å². The summed E-state index contributed by atoms with van der Waals surface area (Å²) in [5, 5.41) is 3.75. The van der Waals surface area contributed by atoms with Crippen molar-refractivity contribution < 1.29 is 4.74 Å². The molecule has 0 radical (unpaired) electrons. The minimum Gasteiger partial charge on any atom is -0.376 e. The molecule has 0 heterocycles. The van der Waals surface area contributed by atoms with Crippen molar-refractivity contribution in [2.45, 2.75) is 85.8 Å². The molecule has 1 saturated carbocycles. The molecule has 0 aromatic heterocycles. The molecular weight excluding hydrogens is 246 g/mol. The molecular formula is C18H37NO. The number of hydrogen-bond donors (Lipinski definition) is 1. The quantitative estimate of drug-likeness (QED) is 0.735. The summed E-state index contributed by atoms with van der Waals surface area (Å²) in [5.74, 6) is 1.75. The van der Waals surface area contributed by atoms with Crippen LogP contribution < -0.4 is 5.32 Å². The Labute approximate surface area is 127 Å². The van der Waals surface area contributed by atoms with Crippen LogP contribution in [-0.4, -0.2) is 25.3 Å². The second kappa shape index (κ2) is 8.38. The Hall–Kier alpha value is -0.0800. The van der Waals surface area contributed by atoms with Crippen LogP contribution in [0.4, 0.5) is 0 Å². The zero-order valence-electron chi connectivity index (χ0n) is 14.7. The molecule has 0 bridgehead atoms. The molecule has 0 spiro atoms. The van der Waals surface area contributed by atoms with Crippen molar-refractivity contribution in [3.8, 4) is 0 Å². The highest BCUT2D eigenvalue weighted by molar-refractivity contribution is 4.92. The van der Waals surface area contributed by atoms with E-state index in [4.69, 9.17) is 4.74 Å². The first-order valence-electron chi connectivity index (χ1n) is 8.78. The summed E-state index contributed by atoms with van der Waals surface area (Å²) in [5.41, 5.74) is 0.199. The third-order valence-corrected chi connectivity index (χ3v) is 4.94. The summed E-state index contributed by atoms with van der Waals surface area (Å²) < 4.78 is 6.17. The molecule has 1 N–H and O–H groups in total. The molecule has 1 fully saturated rings. The maximum absolute atomic E-state index is 6.17. The maximum atomic E-state index is 6.17. The van der Waals surface area contributed by atoms with Gasteiger partial charge in [-0.25, -0.2) is 0 Å². The second-order valence-corrected chi connectivity index (χ2v) is 7.51. The summed E-state index contributed by atoms with van der Waals surface area (Å²) >= 11 is 0. The Morgan fingerprint density at radius 3 is 2.05 bits per heavy atom. The van der Waals surface area contributed by atoms with Crippen LogP contribution >= 0.6 is 0 Å². The van der Waals surface area contributed by atoms with Crippen molar-refractivity contribution in [2.75, 3.05) is 13.2 Å². The highest BCUT2D eigenvalue weighted by atomic mass is 16.5. The summed E-state index contributed by atoms with van der Waals surface area (Å²) in [6.45, 7) is 15.5. The lowest BCUT2D eigenvalue weighted by Gasteiger charge is -2.43. The minimum atomic E-state index is 0.199. The van der Waals surface area contributed by atoms with Crippen molar-refractivity contribution in [3.63, 3.8) is 0 Å². The molecule has 1 aliphatic rings. The molecule has 120 valence electrons. The van der Waals surface area contributed by atoms with Crippen LogP contribution in [0.2, 0.25) is 0 Å². The average Bonchev–Trinajstić information content (AvgIpc) is 2.42. The lowest BCUT2D eigenvalue weighted by Crippen LogP contribution is -2.52. The molecule has 2 unspecified atom stereocenters. The molecule has 0 aromatic rings. The zero-order valence-corrected chi connectivity index (χ0v) is 14.7. The smallest absolute Gasteiger partial charge is 0.0778 e. The third-order valence-electron chi connectivity index (χ3n) is 4.94. The largest absolute Gasteiger partial charge is 0.376 e. The second-order valence-electron chi connectivity index (χ2n) is 7.51. The van der Waals surface area contributed by atoms with Crippen LogP contribution in [-0.2, 0) is 4.74 Å². The van der Waals surface area contributed by atoms with Gasteiger partial charge in [-0.1, -0.05) is 53.9 Å². The van der Waals surface area contributed by atoms with E-state index in [-0.39, 0.29) is 5.41 Å². The Kier molecular flexibility index (Phi) is 7.53. The Morgan fingerprint density at radius 2 is 1.65 bits per heavy atom. The number of nitrogens with one attached hydrogen (secondary N) is 1. The van der Waals surface area contributed by atoms with Gasteiger partial charge in [-0.2, -0.15) is 0 Å². The first-order chi connectivity index (χ1) is 9.43. The first-order valence-corrected chi connectivity index (χ1v) is 8.78. The monoisotopic (exact) mass is 283 g/mol. The molecule has 1 rings (SSSR count). The number of hydrogen-bond acceptors (Lipinski definition) is 2. The molecule has 0 aliphatic heterocycles. The van der Waals surface area contributed by atoms with Gasteiger partial charge in [0.2, 0.25) is 0 Å². The van der Waals surface area contributed by atoms with Gasteiger partial charge in [-0.05, 0) is 43.6 Å². The molecule has 0 saturated heterocycles. The topological polar surface area (TPSA) is 21.3 Å². The fraction of sp³-hybridized carbons (Fsp3) is 1.00. The van der Waals surface area contributed by atoms with Crippen LogP contribution in [0.5, 0.6) is 0 Å². The van der Waals surface area contributed by atoms with Crippen molar-refractivity contribution >= 4 is 0 Å². The molecule has 2 nitrogen and oxygen atoms in total. The van der Waals surface area contributed by atoms with Crippen molar-refractivity contribution in [3.05, 3.63) is 0 Å². The predicted octanol–water partition coefficient (Wildman–Crippen LogP) is 4.63. The summed E-state index contributed by atoms with van der Waals surface area (Å²) in [6.07, 6.45) is 7.23. The Bertz CT molecular complexity index is 251.